The highest BCUT2D eigenvalue weighted by Gasteiger charge is 2.25. The number of carbonyl (C=O) groups excluding carboxylic acids is 1. The molecule has 0 aliphatic carbocycles. The number of hydrogen-bond acceptors (Lipinski definition) is 4. The van der Waals surface area contributed by atoms with Crippen LogP contribution in [0.3, 0.4) is 0 Å². The Morgan fingerprint density at radius 2 is 1.79 bits per heavy atom. The highest BCUT2D eigenvalue weighted by molar-refractivity contribution is 6.31. The predicted octanol–water partition coefficient (Wildman–Crippen LogP) is 5.25. The molecule has 2 aromatic carbocycles. The van der Waals surface area contributed by atoms with E-state index in [0.717, 1.165) is 55.0 Å². The van der Waals surface area contributed by atoms with E-state index in [-0.39, 0.29) is 18.2 Å². The Labute approximate surface area is 178 Å². The van der Waals surface area contributed by atoms with Crippen LogP contribution in [0.5, 0.6) is 0 Å². The van der Waals surface area contributed by atoms with Crippen LogP contribution < -0.4 is 0 Å². The third-order valence-corrected chi connectivity index (χ3v) is 5.66. The van der Waals surface area contributed by atoms with Crippen LogP contribution in [0.1, 0.15) is 49.8 Å². The van der Waals surface area contributed by atoms with Crippen molar-refractivity contribution in [3.63, 3.8) is 0 Å². The zero-order chi connectivity index (χ0) is 20.5. The lowest BCUT2D eigenvalue weighted by atomic mass is 10.00. The van der Waals surface area contributed by atoms with E-state index in [0.29, 0.717) is 13.0 Å². The quantitative estimate of drug-likeness (QED) is 0.524. The lowest BCUT2D eigenvalue weighted by Crippen LogP contribution is -2.38. The molecule has 5 heteroatoms. The van der Waals surface area contributed by atoms with E-state index in [1.54, 1.807) is 0 Å². The van der Waals surface area contributed by atoms with Crippen LogP contribution in [0.4, 0.5) is 0 Å². The van der Waals surface area contributed by atoms with Crippen molar-refractivity contribution in [1.29, 1.82) is 0 Å². The molecule has 1 aliphatic heterocycles. The minimum atomic E-state index is -0.162. The van der Waals surface area contributed by atoms with Crippen molar-refractivity contribution in [3.05, 3.63) is 70.7 Å². The van der Waals surface area contributed by atoms with Crippen molar-refractivity contribution in [1.82, 2.24) is 4.90 Å². The van der Waals surface area contributed by atoms with Gasteiger partial charge in [0.05, 0.1) is 12.7 Å². The molecule has 0 aromatic heterocycles. The van der Waals surface area contributed by atoms with Crippen LogP contribution in [0, 0.1) is 0 Å². The average molecular weight is 416 g/mol. The fourth-order valence-corrected chi connectivity index (χ4v) is 4.02. The second-order valence-corrected chi connectivity index (χ2v) is 7.81. The summed E-state index contributed by atoms with van der Waals surface area (Å²) in [5.74, 6) is -0.101. The van der Waals surface area contributed by atoms with E-state index in [1.165, 1.54) is 0 Å². The first-order valence-corrected chi connectivity index (χ1v) is 10.9. The molecule has 1 aliphatic rings. The highest BCUT2D eigenvalue weighted by atomic mass is 35.5. The van der Waals surface area contributed by atoms with Crippen molar-refractivity contribution in [3.8, 4) is 0 Å². The number of rotatable bonds is 9. The Bertz CT molecular complexity index is 760. The Kier molecular flexibility index (Phi) is 8.53. The number of piperidine rings is 1. The number of nitrogens with zero attached hydrogens (tertiary/aromatic N) is 1. The van der Waals surface area contributed by atoms with Gasteiger partial charge in [0.2, 0.25) is 0 Å². The Hall–Kier alpha value is -1.88. The summed E-state index contributed by atoms with van der Waals surface area (Å²) in [6, 6.07) is 18.2. The van der Waals surface area contributed by atoms with Crippen molar-refractivity contribution >= 4 is 17.6 Å². The average Bonchev–Trinajstić information content (AvgIpc) is 2.74. The number of hydrogen-bond donors (Lipinski definition) is 0. The molecule has 4 nitrogen and oxygen atoms in total. The molecule has 0 radical (unpaired) electrons. The monoisotopic (exact) mass is 415 g/mol. The van der Waals surface area contributed by atoms with Crippen LogP contribution in [0.25, 0.3) is 0 Å². The zero-order valence-corrected chi connectivity index (χ0v) is 17.8. The summed E-state index contributed by atoms with van der Waals surface area (Å²) in [6.07, 6.45) is 3.33. The topological polar surface area (TPSA) is 38.8 Å². The molecule has 0 N–H and O–H groups in total. The molecule has 2 aromatic rings. The first kappa shape index (κ1) is 21.8. The summed E-state index contributed by atoms with van der Waals surface area (Å²) in [4.78, 5) is 13.9. The molecule has 29 heavy (non-hydrogen) atoms. The molecule has 156 valence electrons. The minimum Gasteiger partial charge on any atom is -0.466 e. The van der Waals surface area contributed by atoms with E-state index in [4.69, 9.17) is 21.1 Å². The van der Waals surface area contributed by atoms with Crippen LogP contribution in [0.15, 0.2) is 54.6 Å². The van der Waals surface area contributed by atoms with Crippen LogP contribution in [0.2, 0.25) is 5.02 Å². The standard InChI is InChI=1S/C24H30ClNO3/c1-2-28-23(27)13-8-16-26-17-14-20(15-18-26)29-24(19-9-4-3-5-10-19)21-11-6-7-12-22(21)25/h3-7,9-12,20,24H,2,8,13-18H2,1H3. The first-order valence-electron chi connectivity index (χ1n) is 10.5. The molecule has 1 atom stereocenters. The molecule has 0 bridgehead atoms. The second kappa shape index (κ2) is 11.3. The van der Waals surface area contributed by atoms with E-state index in [9.17, 15) is 4.79 Å². The van der Waals surface area contributed by atoms with Gasteiger partial charge in [0.25, 0.3) is 0 Å². The normalized spacial score (nSPS) is 16.5. The second-order valence-electron chi connectivity index (χ2n) is 7.40. The van der Waals surface area contributed by atoms with Gasteiger partial charge in [0.1, 0.15) is 6.10 Å². The van der Waals surface area contributed by atoms with E-state index >= 15 is 0 Å². The molecule has 1 saturated heterocycles. The van der Waals surface area contributed by atoms with Crippen LogP contribution in [-0.2, 0) is 14.3 Å². The smallest absolute Gasteiger partial charge is 0.305 e. The number of halogens is 1. The third-order valence-electron chi connectivity index (χ3n) is 5.31. The molecule has 1 heterocycles. The summed E-state index contributed by atoms with van der Waals surface area (Å²) >= 11 is 6.49. The predicted molar refractivity (Wildman–Crippen MR) is 116 cm³/mol. The molecular formula is C24H30ClNO3. The van der Waals surface area contributed by atoms with E-state index < -0.39 is 0 Å². The van der Waals surface area contributed by atoms with Gasteiger partial charge < -0.3 is 14.4 Å². The Morgan fingerprint density at radius 1 is 1.10 bits per heavy atom. The summed E-state index contributed by atoms with van der Waals surface area (Å²) in [5.41, 5.74) is 2.13. The largest absolute Gasteiger partial charge is 0.466 e. The van der Waals surface area contributed by atoms with E-state index in [2.05, 4.69) is 17.0 Å². The van der Waals surface area contributed by atoms with Crippen molar-refractivity contribution < 1.29 is 14.3 Å². The van der Waals surface area contributed by atoms with Gasteiger partial charge in [-0.05, 0) is 44.4 Å². The molecule has 3 rings (SSSR count). The lowest BCUT2D eigenvalue weighted by molar-refractivity contribution is -0.143. The molecule has 0 saturated carbocycles. The minimum absolute atomic E-state index is 0.101. The molecule has 1 fully saturated rings. The van der Waals surface area contributed by atoms with Crippen LogP contribution in [-0.4, -0.2) is 43.2 Å². The molecular weight excluding hydrogens is 386 g/mol. The maximum atomic E-state index is 11.5. The maximum absolute atomic E-state index is 11.5. The van der Waals surface area contributed by atoms with Gasteiger partial charge in [0.15, 0.2) is 0 Å². The number of esters is 1. The number of carbonyl (C=O) groups is 1. The zero-order valence-electron chi connectivity index (χ0n) is 17.1. The highest BCUT2D eigenvalue weighted by Crippen LogP contribution is 2.33. The van der Waals surface area contributed by atoms with Gasteiger partial charge in [-0.15, -0.1) is 0 Å². The summed E-state index contributed by atoms with van der Waals surface area (Å²) < 4.78 is 11.6. The van der Waals surface area contributed by atoms with Crippen molar-refractivity contribution in [2.45, 2.75) is 44.8 Å². The van der Waals surface area contributed by atoms with Gasteiger partial charge in [0, 0.05) is 30.1 Å². The van der Waals surface area contributed by atoms with Crippen molar-refractivity contribution in [2.24, 2.45) is 0 Å². The lowest BCUT2D eigenvalue weighted by Gasteiger charge is -2.34. The molecule has 1 unspecified atom stereocenters. The molecule has 0 amide bonds. The SMILES string of the molecule is CCOC(=O)CCCN1CCC(OC(c2ccccc2)c2ccccc2Cl)CC1. The van der Waals surface area contributed by atoms with Gasteiger partial charge in [-0.3, -0.25) is 4.79 Å². The summed E-state index contributed by atoms with van der Waals surface area (Å²) in [5, 5.41) is 0.734. The van der Waals surface area contributed by atoms with Gasteiger partial charge in [-0.1, -0.05) is 60.1 Å². The summed E-state index contributed by atoms with van der Waals surface area (Å²) in [7, 11) is 0. The Morgan fingerprint density at radius 3 is 2.48 bits per heavy atom. The molecule has 0 spiro atoms. The van der Waals surface area contributed by atoms with Crippen LogP contribution >= 0.6 is 11.6 Å². The summed E-state index contributed by atoms with van der Waals surface area (Å²) in [6.45, 7) is 5.19. The van der Waals surface area contributed by atoms with E-state index in [1.807, 2.05) is 49.4 Å². The third kappa shape index (κ3) is 6.56. The first-order chi connectivity index (χ1) is 14.2. The number of ether oxygens (including phenoxy) is 2. The number of benzene rings is 2. The van der Waals surface area contributed by atoms with Gasteiger partial charge in [-0.25, -0.2) is 0 Å². The Balaban J connectivity index is 1.55. The fraction of sp³-hybridized carbons (Fsp3) is 0.458. The van der Waals surface area contributed by atoms with Crippen molar-refractivity contribution in [2.75, 3.05) is 26.2 Å². The maximum Gasteiger partial charge on any atom is 0.305 e. The van der Waals surface area contributed by atoms with Gasteiger partial charge in [-0.2, -0.15) is 0 Å². The number of likely N-dealkylation sites (tertiary alicyclic amines) is 1. The van der Waals surface area contributed by atoms with Gasteiger partial charge >= 0.3 is 5.97 Å². The fourth-order valence-electron chi connectivity index (χ4n) is 3.79.